The summed E-state index contributed by atoms with van der Waals surface area (Å²) in [6, 6.07) is 3.23. The number of rotatable bonds is 1. The average Bonchev–Trinajstić information content (AvgIpc) is 3.00. The van der Waals surface area contributed by atoms with E-state index in [4.69, 9.17) is 11.6 Å². The third-order valence-corrected chi connectivity index (χ3v) is 5.03. The van der Waals surface area contributed by atoms with Gasteiger partial charge in [0.25, 0.3) is 11.4 Å². The number of alkyl halides is 9. The highest BCUT2D eigenvalue weighted by Crippen LogP contribution is 2.59. The second-order valence-electron chi connectivity index (χ2n) is 5.75. The van der Waals surface area contributed by atoms with Crippen molar-refractivity contribution < 1.29 is 53.5 Å². The third-order valence-electron chi connectivity index (χ3n) is 3.63. The molecule has 17 heteroatoms. The molecule has 1 aromatic rings. The van der Waals surface area contributed by atoms with Crippen molar-refractivity contribution in [1.82, 2.24) is 10.6 Å². The Labute approximate surface area is 179 Å². The Morgan fingerprint density at radius 1 is 0.969 bits per heavy atom. The molecule has 0 saturated carbocycles. The number of halogens is 11. The number of amides is 3. The number of amidine groups is 1. The molecule has 176 valence electrons. The molecule has 2 N–H and O–H groups in total. The first-order valence-electron chi connectivity index (χ1n) is 7.67. The second-order valence-corrected chi connectivity index (χ2v) is 7.16. The Morgan fingerprint density at radius 2 is 1.50 bits per heavy atom. The minimum atomic E-state index is -6.58. The van der Waals surface area contributed by atoms with Gasteiger partial charge in [0.15, 0.2) is 5.17 Å². The number of benzene rings is 1. The van der Waals surface area contributed by atoms with Gasteiger partial charge in [-0.2, -0.15) is 39.5 Å². The molecule has 0 atom stereocenters. The first-order valence-corrected chi connectivity index (χ1v) is 8.86. The van der Waals surface area contributed by atoms with Crippen molar-refractivity contribution in [2.24, 2.45) is 4.99 Å². The van der Waals surface area contributed by atoms with E-state index in [1.165, 1.54) is 28.8 Å². The Balaban J connectivity index is 2.44. The lowest BCUT2D eigenvalue weighted by Gasteiger charge is -2.31. The number of hydrogen-bond donors (Lipinski definition) is 2. The molecule has 1 heterocycles. The van der Waals surface area contributed by atoms with E-state index in [0.29, 0.717) is 0 Å². The second kappa shape index (κ2) is 8.46. The number of carbonyl (C=O) groups is 2. The van der Waals surface area contributed by atoms with Crippen molar-refractivity contribution in [2.45, 2.75) is 24.1 Å². The standard InChI is InChI=1S/C15H6ClF10N3O2S/c16-6-4-2-1-3-5(6)9(30)27-10(31)28-11-29-12(14(21,22)23,15(24,25)26)8(32-11)7(17)13(18,19)20/h1-4H,(H2,27,28,29,30,31). The Hall–Kier alpha value is -2.49. The number of aliphatic imine (C=N–C) groups is 1. The highest BCUT2D eigenvalue weighted by Gasteiger charge is 2.77. The van der Waals surface area contributed by atoms with E-state index in [-0.39, 0.29) is 10.6 Å². The molecule has 0 radical (unpaired) electrons. The van der Waals surface area contributed by atoms with Gasteiger partial charge in [0.2, 0.25) is 5.83 Å². The lowest BCUT2D eigenvalue weighted by atomic mass is 9.97. The number of thioether (sulfide) groups is 1. The lowest BCUT2D eigenvalue weighted by Crippen LogP contribution is -2.55. The molecule has 32 heavy (non-hydrogen) atoms. The van der Waals surface area contributed by atoms with Crippen LogP contribution in [-0.2, 0) is 0 Å². The zero-order valence-corrected chi connectivity index (χ0v) is 16.2. The van der Waals surface area contributed by atoms with Gasteiger partial charge in [-0.05, 0) is 12.1 Å². The quantitative estimate of drug-likeness (QED) is 0.484. The average molecular weight is 518 g/mol. The van der Waals surface area contributed by atoms with E-state index < -0.39 is 63.7 Å². The van der Waals surface area contributed by atoms with Crippen LogP contribution < -0.4 is 10.6 Å². The van der Waals surface area contributed by atoms with E-state index >= 15 is 0 Å². The van der Waals surface area contributed by atoms with Gasteiger partial charge >= 0.3 is 24.6 Å². The van der Waals surface area contributed by atoms with E-state index in [1.807, 2.05) is 0 Å². The molecule has 3 amide bonds. The molecule has 0 aromatic heterocycles. The lowest BCUT2D eigenvalue weighted by molar-refractivity contribution is -0.280. The van der Waals surface area contributed by atoms with Gasteiger partial charge in [0, 0.05) is 0 Å². The van der Waals surface area contributed by atoms with Crippen molar-refractivity contribution in [1.29, 1.82) is 0 Å². The van der Waals surface area contributed by atoms with Gasteiger partial charge in [-0.1, -0.05) is 35.5 Å². The highest BCUT2D eigenvalue weighted by molar-refractivity contribution is 8.17. The predicted octanol–water partition coefficient (Wildman–Crippen LogP) is 5.49. The molecule has 1 aliphatic heterocycles. The summed E-state index contributed by atoms with van der Waals surface area (Å²) in [5.41, 5.74) is -5.96. The van der Waals surface area contributed by atoms with Crippen molar-refractivity contribution in [2.75, 3.05) is 0 Å². The fourth-order valence-electron chi connectivity index (χ4n) is 2.27. The number of urea groups is 1. The molecule has 0 bridgehead atoms. The molecule has 1 aliphatic rings. The first-order chi connectivity index (χ1) is 14.4. The molecule has 0 unspecified atom stereocenters. The molecular weight excluding hydrogens is 512 g/mol. The molecular formula is C15H6ClF10N3O2S. The zero-order chi connectivity index (χ0) is 24.7. The van der Waals surface area contributed by atoms with Crippen LogP contribution in [0.3, 0.4) is 0 Å². The smallest absolute Gasteiger partial charge is 0.286 e. The summed E-state index contributed by atoms with van der Waals surface area (Å²) in [6.45, 7) is 0. The van der Waals surface area contributed by atoms with Gasteiger partial charge in [0.05, 0.1) is 15.5 Å². The maximum absolute atomic E-state index is 13.6. The van der Waals surface area contributed by atoms with Crippen molar-refractivity contribution >= 4 is 40.5 Å². The van der Waals surface area contributed by atoms with Crippen molar-refractivity contribution in [3.8, 4) is 0 Å². The van der Waals surface area contributed by atoms with Crippen LogP contribution >= 0.6 is 23.4 Å². The summed E-state index contributed by atoms with van der Waals surface area (Å²) in [5, 5.41) is 0.866. The third kappa shape index (κ3) is 4.79. The summed E-state index contributed by atoms with van der Waals surface area (Å²) in [5.74, 6) is -4.96. The first kappa shape index (κ1) is 25.8. The maximum atomic E-state index is 13.6. The SMILES string of the molecule is O=C(NC(=O)c1ccccc1Cl)NC1=NC(C(F)(F)F)(C(F)(F)F)C(=C(F)C(F)(F)F)S1. The van der Waals surface area contributed by atoms with Crippen LogP contribution in [0.15, 0.2) is 40.0 Å². The summed E-state index contributed by atoms with van der Waals surface area (Å²) in [6.07, 6.45) is -19.4. The topological polar surface area (TPSA) is 70.6 Å². The minimum absolute atomic E-state index is 0.184. The number of nitrogens with one attached hydrogen (secondary N) is 2. The van der Waals surface area contributed by atoms with Gasteiger partial charge in [-0.3, -0.25) is 15.4 Å². The van der Waals surface area contributed by atoms with Crippen LogP contribution in [-0.4, -0.2) is 41.2 Å². The molecule has 1 aromatic carbocycles. The van der Waals surface area contributed by atoms with E-state index in [0.717, 1.165) is 6.07 Å². The number of nitrogens with zero attached hydrogens (tertiary/aromatic N) is 1. The van der Waals surface area contributed by atoms with E-state index in [1.54, 1.807) is 0 Å². The number of allylic oxidation sites excluding steroid dienone is 1. The van der Waals surface area contributed by atoms with Crippen LogP contribution in [0, 0.1) is 0 Å². The fourth-order valence-corrected chi connectivity index (χ4v) is 3.64. The number of hydrogen-bond acceptors (Lipinski definition) is 4. The van der Waals surface area contributed by atoms with Crippen LogP contribution in [0.4, 0.5) is 48.7 Å². The Morgan fingerprint density at radius 3 is 1.97 bits per heavy atom. The van der Waals surface area contributed by atoms with Crippen LogP contribution in [0.25, 0.3) is 0 Å². The van der Waals surface area contributed by atoms with Crippen LogP contribution in [0.1, 0.15) is 10.4 Å². The van der Waals surface area contributed by atoms with Gasteiger partial charge in [-0.25, -0.2) is 14.2 Å². The number of carbonyl (C=O) groups excluding carboxylic acids is 2. The predicted molar refractivity (Wildman–Crippen MR) is 91.5 cm³/mol. The Bertz CT molecular complexity index is 986. The normalized spacial score (nSPS) is 18.2. The van der Waals surface area contributed by atoms with Gasteiger partial charge in [-0.15, -0.1) is 0 Å². The maximum Gasteiger partial charge on any atom is 0.443 e. The molecule has 0 aliphatic carbocycles. The van der Waals surface area contributed by atoms with E-state index in [9.17, 15) is 53.5 Å². The van der Waals surface area contributed by atoms with Gasteiger partial charge in [0.1, 0.15) is 0 Å². The van der Waals surface area contributed by atoms with Gasteiger partial charge < -0.3 is 0 Å². The zero-order valence-electron chi connectivity index (χ0n) is 14.6. The highest BCUT2D eigenvalue weighted by atomic mass is 35.5. The van der Waals surface area contributed by atoms with Crippen molar-refractivity contribution in [3.05, 3.63) is 45.6 Å². The number of imide groups is 1. The van der Waals surface area contributed by atoms with E-state index in [2.05, 4.69) is 4.99 Å². The molecule has 0 spiro atoms. The summed E-state index contributed by atoms with van der Waals surface area (Å²) >= 11 is 4.63. The molecule has 2 rings (SSSR count). The van der Waals surface area contributed by atoms with Crippen LogP contribution in [0.5, 0.6) is 0 Å². The van der Waals surface area contributed by atoms with Crippen LogP contribution in [0.2, 0.25) is 5.02 Å². The van der Waals surface area contributed by atoms with Crippen molar-refractivity contribution in [3.63, 3.8) is 0 Å². The molecule has 0 saturated heterocycles. The largest absolute Gasteiger partial charge is 0.443 e. The monoisotopic (exact) mass is 517 g/mol. The Kier molecular flexibility index (Phi) is 6.81. The summed E-state index contributed by atoms with van der Waals surface area (Å²) < 4.78 is 131. The summed E-state index contributed by atoms with van der Waals surface area (Å²) in [7, 11) is 0. The fraction of sp³-hybridized carbons (Fsp3) is 0.267. The molecule has 0 fully saturated rings. The minimum Gasteiger partial charge on any atom is -0.286 e. The summed E-state index contributed by atoms with van der Waals surface area (Å²) in [4.78, 5) is 23.0. The molecule has 5 nitrogen and oxygen atoms in total.